The van der Waals surface area contributed by atoms with Crippen molar-refractivity contribution in [1.29, 1.82) is 0 Å². The molecule has 0 spiro atoms. The van der Waals surface area contributed by atoms with Crippen LogP contribution in [0.25, 0.3) is 0 Å². The zero-order valence-corrected chi connectivity index (χ0v) is 12.6. The molecule has 0 amide bonds. The van der Waals surface area contributed by atoms with E-state index in [4.69, 9.17) is 24.0 Å². The topological polar surface area (TPSA) is 105 Å². The van der Waals surface area contributed by atoms with Gasteiger partial charge in [-0.25, -0.2) is 4.79 Å². The minimum atomic E-state index is -2.11. The molecule has 21 heavy (non-hydrogen) atoms. The average Bonchev–Trinajstić information content (AvgIpc) is 2.82. The second-order valence-electron chi connectivity index (χ2n) is 4.57. The molecule has 0 atom stereocenters. The highest BCUT2D eigenvalue weighted by atomic mass is 31.2. The largest absolute Gasteiger partial charge is 0.507 e. The highest BCUT2D eigenvalue weighted by molar-refractivity contribution is 7.44. The van der Waals surface area contributed by atoms with Crippen molar-refractivity contribution >= 4 is 14.3 Å². The van der Waals surface area contributed by atoms with Crippen LogP contribution < -0.4 is 4.74 Å². The van der Waals surface area contributed by atoms with Crippen LogP contribution in [-0.2, 0) is 22.5 Å². The molecule has 0 saturated heterocycles. The lowest BCUT2D eigenvalue weighted by molar-refractivity contribution is 0.0532. The molecule has 1 heterocycles. The van der Waals surface area contributed by atoms with Crippen molar-refractivity contribution in [2.45, 2.75) is 20.0 Å². The molecule has 0 saturated carbocycles. The molecule has 1 aromatic rings. The standard InChI is InChI=1S/C13H17O7P/c1-7-9-5-20-13(15)10(9)11(14)8(12(7)18-2)3-4-19-6-21(16)17/h14,16-17H,3-6H2,1-2H3. The third-order valence-electron chi connectivity index (χ3n) is 3.35. The van der Waals surface area contributed by atoms with Crippen molar-refractivity contribution in [3.63, 3.8) is 0 Å². The van der Waals surface area contributed by atoms with Crippen LogP contribution in [0, 0.1) is 6.92 Å². The van der Waals surface area contributed by atoms with Crippen molar-refractivity contribution in [2.75, 3.05) is 20.1 Å². The predicted octanol–water partition coefficient (Wildman–Crippen LogP) is 1.19. The molecule has 8 heteroatoms. The van der Waals surface area contributed by atoms with E-state index in [2.05, 4.69) is 0 Å². The Labute approximate surface area is 123 Å². The maximum Gasteiger partial charge on any atom is 0.342 e. The summed E-state index contributed by atoms with van der Waals surface area (Å²) in [6.45, 7) is 2.08. The van der Waals surface area contributed by atoms with Gasteiger partial charge in [0.25, 0.3) is 0 Å². The van der Waals surface area contributed by atoms with Crippen molar-refractivity contribution in [3.05, 3.63) is 22.3 Å². The van der Waals surface area contributed by atoms with E-state index in [0.717, 1.165) is 5.56 Å². The van der Waals surface area contributed by atoms with Crippen LogP contribution in [0.4, 0.5) is 0 Å². The Bertz CT molecular complexity index is 556. The predicted molar refractivity (Wildman–Crippen MR) is 74.4 cm³/mol. The Kier molecular flexibility index (Phi) is 5.00. The quantitative estimate of drug-likeness (QED) is 0.411. The molecule has 0 bridgehead atoms. The van der Waals surface area contributed by atoms with Crippen LogP contribution in [0.3, 0.4) is 0 Å². The van der Waals surface area contributed by atoms with E-state index >= 15 is 0 Å². The van der Waals surface area contributed by atoms with Crippen LogP contribution in [0.5, 0.6) is 11.5 Å². The maximum absolute atomic E-state index is 11.7. The van der Waals surface area contributed by atoms with E-state index in [1.54, 1.807) is 6.92 Å². The average molecular weight is 316 g/mol. The number of aromatic hydroxyl groups is 1. The van der Waals surface area contributed by atoms with Crippen molar-refractivity contribution < 1.29 is 33.9 Å². The van der Waals surface area contributed by atoms with Gasteiger partial charge in [-0.05, 0) is 12.5 Å². The summed E-state index contributed by atoms with van der Waals surface area (Å²) in [4.78, 5) is 29.2. The molecule has 0 fully saturated rings. The molecule has 0 aromatic heterocycles. The van der Waals surface area contributed by atoms with Gasteiger partial charge in [-0.1, -0.05) is 0 Å². The lowest BCUT2D eigenvalue weighted by Gasteiger charge is -2.16. The van der Waals surface area contributed by atoms with Gasteiger partial charge in [-0.3, -0.25) is 0 Å². The minimum Gasteiger partial charge on any atom is -0.507 e. The van der Waals surface area contributed by atoms with E-state index in [1.165, 1.54) is 7.11 Å². The van der Waals surface area contributed by atoms with E-state index in [0.29, 0.717) is 16.9 Å². The summed E-state index contributed by atoms with van der Waals surface area (Å²) >= 11 is 0. The zero-order valence-electron chi connectivity index (χ0n) is 11.8. The van der Waals surface area contributed by atoms with Crippen molar-refractivity contribution in [2.24, 2.45) is 0 Å². The molecule has 2 rings (SSSR count). The lowest BCUT2D eigenvalue weighted by atomic mass is 9.95. The highest BCUT2D eigenvalue weighted by Gasteiger charge is 2.31. The maximum atomic E-state index is 11.7. The molecule has 3 N–H and O–H groups in total. The third-order valence-corrected chi connectivity index (χ3v) is 3.76. The molecule has 0 radical (unpaired) electrons. The highest BCUT2D eigenvalue weighted by Crippen LogP contribution is 2.41. The van der Waals surface area contributed by atoms with Gasteiger partial charge < -0.3 is 29.1 Å². The van der Waals surface area contributed by atoms with Gasteiger partial charge in [0.05, 0.1) is 13.7 Å². The van der Waals surface area contributed by atoms with E-state index in [-0.39, 0.29) is 37.3 Å². The Morgan fingerprint density at radius 3 is 2.71 bits per heavy atom. The number of hydrogen-bond donors (Lipinski definition) is 3. The summed E-state index contributed by atoms with van der Waals surface area (Å²) in [6, 6.07) is 0. The fourth-order valence-electron chi connectivity index (χ4n) is 2.39. The number of carbonyl (C=O) groups is 1. The van der Waals surface area contributed by atoms with Crippen LogP contribution in [-0.4, -0.2) is 40.9 Å². The summed E-state index contributed by atoms with van der Waals surface area (Å²) in [5.74, 6) is -0.220. The first-order chi connectivity index (χ1) is 9.97. The molecule has 1 aromatic carbocycles. The number of ether oxygens (including phenoxy) is 3. The summed E-state index contributed by atoms with van der Waals surface area (Å²) in [6.07, 6.45) is 0.115. The number of cyclic esters (lactones) is 1. The summed E-state index contributed by atoms with van der Waals surface area (Å²) in [5, 5.41) is 10.3. The number of hydrogen-bond acceptors (Lipinski definition) is 7. The van der Waals surface area contributed by atoms with E-state index in [1.807, 2.05) is 0 Å². The third kappa shape index (κ3) is 3.11. The van der Waals surface area contributed by atoms with Gasteiger partial charge in [-0.15, -0.1) is 0 Å². The van der Waals surface area contributed by atoms with Crippen LogP contribution in [0.15, 0.2) is 0 Å². The monoisotopic (exact) mass is 316 g/mol. The molecular formula is C13H17O7P. The summed E-state index contributed by atoms with van der Waals surface area (Å²) < 4.78 is 15.4. The van der Waals surface area contributed by atoms with E-state index in [9.17, 15) is 9.90 Å². The molecule has 116 valence electrons. The number of benzene rings is 1. The molecule has 7 nitrogen and oxygen atoms in total. The molecule has 0 aliphatic carbocycles. The minimum absolute atomic E-state index is 0.125. The molecule has 1 aliphatic heterocycles. The van der Waals surface area contributed by atoms with Gasteiger partial charge in [-0.2, -0.15) is 0 Å². The van der Waals surface area contributed by atoms with Gasteiger partial charge in [0.2, 0.25) is 0 Å². The number of fused-ring (bicyclic) bond motifs is 1. The smallest absolute Gasteiger partial charge is 0.342 e. The van der Waals surface area contributed by atoms with Crippen molar-refractivity contribution in [1.82, 2.24) is 0 Å². The number of phenols is 1. The number of esters is 1. The summed E-state index contributed by atoms with van der Waals surface area (Å²) in [7, 11) is -0.625. The van der Waals surface area contributed by atoms with Gasteiger partial charge in [0, 0.05) is 17.5 Å². The summed E-state index contributed by atoms with van der Waals surface area (Å²) in [5.41, 5.74) is 2.01. The van der Waals surface area contributed by atoms with Crippen molar-refractivity contribution in [3.8, 4) is 11.5 Å². The number of rotatable bonds is 6. The second kappa shape index (κ2) is 6.58. The van der Waals surface area contributed by atoms with E-state index < -0.39 is 14.3 Å². The Hall–Kier alpha value is -1.40. The Balaban J connectivity index is 2.29. The first kappa shape index (κ1) is 16.0. The fraction of sp³-hybridized carbons (Fsp3) is 0.462. The fourth-order valence-corrected chi connectivity index (χ4v) is 2.68. The first-order valence-electron chi connectivity index (χ1n) is 6.28. The Morgan fingerprint density at radius 2 is 2.10 bits per heavy atom. The van der Waals surface area contributed by atoms with Gasteiger partial charge in [0.15, 0.2) is 8.38 Å². The lowest BCUT2D eigenvalue weighted by Crippen LogP contribution is -2.06. The SMILES string of the molecule is COc1c(C)c2c(c(O)c1CCOCP(O)O)C(=O)OC2. The van der Waals surface area contributed by atoms with Crippen LogP contribution in [0.1, 0.15) is 27.0 Å². The normalized spacial score (nSPS) is 13.5. The zero-order chi connectivity index (χ0) is 15.6. The molecular weight excluding hydrogens is 299 g/mol. The Morgan fingerprint density at radius 1 is 1.38 bits per heavy atom. The number of carbonyl (C=O) groups excluding carboxylic acids is 1. The molecule has 0 unspecified atom stereocenters. The number of methoxy groups -OCH3 is 1. The molecule has 1 aliphatic rings. The van der Waals surface area contributed by atoms with Crippen LogP contribution in [0.2, 0.25) is 0 Å². The second-order valence-corrected chi connectivity index (χ2v) is 5.58. The number of phenolic OH excluding ortho intramolecular Hbond substituents is 1. The van der Waals surface area contributed by atoms with Gasteiger partial charge in [0.1, 0.15) is 30.0 Å². The van der Waals surface area contributed by atoms with Gasteiger partial charge >= 0.3 is 5.97 Å². The van der Waals surface area contributed by atoms with Crippen LogP contribution >= 0.6 is 8.38 Å². The first-order valence-corrected chi connectivity index (χ1v) is 7.72.